The fourth-order valence-electron chi connectivity index (χ4n) is 2.68. The van der Waals surface area contributed by atoms with Crippen molar-refractivity contribution in [2.45, 2.75) is 32.8 Å². The first-order valence-electron chi connectivity index (χ1n) is 7.78. The first-order chi connectivity index (χ1) is 10.0. The molecule has 4 heteroatoms. The average molecular weight is 290 g/mol. The summed E-state index contributed by atoms with van der Waals surface area (Å²) in [4.78, 5) is 11.9. The van der Waals surface area contributed by atoms with Crippen molar-refractivity contribution in [3.63, 3.8) is 0 Å². The minimum atomic E-state index is -0.347. The van der Waals surface area contributed by atoms with Crippen LogP contribution in [0.2, 0.25) is 0 Å². The van der Waals surface area contributed by atoms with Gasteiger partial charge in [0, 0.05) is 25.6 Å². The van der Waals surface area contributed by atoms with E-state index in [4.69, 9.17) is 0 Å². The maximum absolute atomic E-state index is 11.9. The van der Waals surface area contributed by atoms with Gasteiger partial charge in [-0.1, -0.05) is 38.1 Å². The number of aliphatic hydroxyl groups is 1. The van der Waals surface area contributed by atoms with Crippen molar-refractivity contribution >= 4 is 5.91 Å². The van der Waals surface area contributed by atoms with Crippen molar-refractivity contribution in [2.75, 3.05) is 19.6 Å². The summed E-state index contributed by atoms with van der Waals surface area (Å²) in [5, 5.41) is 15.7. The van der Waals surface area contributed by atoms with E-state index in [9.17, 15) is 9.90 Å². The van der Waals surface area contributed by atoms with Crippen LogP contribution in [0.1, 0.15) is 25.0 Å². The molecular weight excluding hydrogens is 264 g/mol. The third-order valence-corrected chi connectivity index (χ3v) is 3.90. The van der Waals surface area contributed by atoms with E-state index in [2.05, 4.69) is 36.6 Å². The van der Waals surface area contributed by atoms with Gasteiger partial charge in [0.1, 0.15) is 0 Å². The van der Waals surface area contributed by atoms with Gasteiger partial charge in [-0.3, -0.25) is 4.79 Å². The number of β-amino-alcohol motifs (C(OH)–C–C–N with tert-alkyl or cyclic N) is 1. The van der Waals surface area contributed by atoms with E-state index < -0.39 is 0 Å². The molecule has 0 spiro atoms. The second kappa shape index (κ2) is 7.57. The van der Waals surface area contributed by atoms with Gasteiger partial charge >= 0.3 is 0 Å². The predicted octanol–water partition coefficient (Wildman–Crippen LogP) is 1.12. The van der Waals surface area contributed by atoms with Crippen LogP contribution in [0.15, 0.2) is 24.3 Å². The second-order valence-electron chi connectivity index (χ2n) is 6.38. The number of hydrogen-bond acceptors (Lipinski definition) is 3. The molecule has 2 unspecified atom stereocenters. The van der Waals surface area contributed by atoms with Crippen molar-refractivity contribution in [2.24, 2.45) is 11.8 Å². The Morgan fingerprint density at radius 3 is 2.52 bits per heavy atom. The van der Waals surface area contributed by atoms with Gasteiger partial charge in [0.2, 0.25) is 5.91 Å². The minimum absolute atomic E-state index is 0.0192. The summed E-state index contributed by atoms with van der Waals surface area (Å²) in [6.07, 6.45) is 1.12. The number of nitrogens with one attached hydrogen (secondary N) is 2. The largest absolute Gasteiger partial charge is 0.391 e. The molecule has 1 heterocycles. The molecule has 1 saturated heterocycles. The standard InChI is InChI=1S/C17H26N2O2/c1-12(2)7-13-3-5-14(6-4-13)8-17(21)19-10-15-9-18-11-16(15)20/h3-6,12,15-16,18,20H,7-11H2,1-2H3,(H,19,21). The minimum Gasteiger partial charge on any atom is -0.391 e. The highest BCUT2D eigenvalue weighted by Crippen LogP contribution is 2.11. The fraction of sp³-hybridized carbons (Fsp3) is 0.588. The average Bonchev–Trinajstić information content (AvgIpc) is 2.84. The summed E-state index contributed by atoms with van der Waals surface area (Å²) in [6, 6.07) is 8.27. The van der Waals surface area contributed by atoms with Crippen LogP contribution in [0.3, 0.4) is 0 Å². The van der Waals surface area contributed by atoms with E-state index in [-0.39, 0.29) is 17.9 Å². The number of benzene rings is 1. The predicted molar refractivity (Wildman–Crippen MR) is 84.1 cm³/mol. The first kappa shape index (κ1) is 16.0. The number of amides is 1. The third-order valence-electron chi connectivity index (χ3n) is 3.90. The summed E-state index contributed by atoms with van der Waals surface area (Å²) in [5.41, 5.74) is 2.35. The van der Waals surface area contributed by atoms with Crippen LogP contribution >= 0.6 is 0 Å². The third kappa shape index (κ3) is 5.14. The molecule has 1 aromatic carbocycles. The lowest BCUT2D eigenvalue weighted by Gasteiger charge is -2.14. The molecule has 1 amide bonds. The first-order valence-corrected chi connectivity index (χ1v) is 7.78. The molecule has 1 fully saturated rings. The summed E-state index contributed by atoms with van der Waals surface area (Å²) in [6.45, 7) is 6.34. The number of carbonyl (C=O) groups excluding carboxylic acids is 1. The van der Waals surface area contributed by atoms with Crippen LogP contribution < -0.4 is 10.6 Å². The lowest BCUT2D eigenvalue weighted by atomic mass is 10.0. The Bertz CT molecular complexity index is 456. The van der Waals surface area contributed by atoms with E-state index in [0.29, 0.717) is 25.4 Å². The van der Waals surface area contributed by atoms with Crippen LogP contribution in [0.25, 0.3) is 0 Å². The van der Waals surface area contributed by atoms with Gasteiger partial charge in [0.15, 0.2) is 0 Å². The molecule has 2 rings (SSSR count). The number of aliphatic hydroxyl groups excluding tert-OH is 1. The highest BCUT2D eigenvalue weighted by Gasteiger charge is 2.24. The Morgan fingerprint density at radius 2 is 1.95 bits per heavy atom. The number of rotatable bonds is 6. The van der Waals surface area contributed by atoms with Crippen LogP contribution in [-0.4, -0.2) is 36.8 Å². The Morgan fingerprint density at radius 1 is 1.29 bits per heavy atom. The summed E-state index contributed by atoms with van der Waals surface area (Å²) in [5.74, 6) is 0.790. The van der Waals surface area contributed by atoms with Crippen molar-refractivity contribution in [3.05, 3.63) is 35.4 Å². The molecule has 2 atom stereocenters. The Labute approximate surface area is 126 Å². The van der Waals surface area contributed by atoms with E-state index in [0.717, 1.165) is 18.5 Å². The summed E-state index contributed by atoms with van der Waals surface area (Å²) < 4.78 is 0. The van der Waals surface area contributed by atoms with Gasteiger partial charge in [0.25, 0.3) is 0 Å². The van der Waals surface area contributed by atoms with Crippen LogP contribution in [-0.2, 0) is 17.6 Å². The molecule has 0 saturated carbocycles. The molecule has 0 radical (unpaired) electrons. The van der Waals surface area contributed by atoms with Gasteiger partial charge in [-0.15, -0.1) is 0 Å². The van der Waals surface area contributed by atoms with Crippen LogP contribution in [0, 0.1) is 11.8 Å². The Kier molecular flexibility index (Phi) is 5.76. The van der Waals surface area contributed by atoms with E-state index in [1.54, 1.807) is 0 Å². The zero-order chi connectivity index (χ0) is 15.2. The molecule has 1 aliphatic heterocycles. The van der Waals surface area contributed by atoms with Gasteiger partial charge in [0.05, 0.1) is 12.5 Å². The topological polar surface area (TPSA) is 61.4 Å². The molecule has 116 valence electrons. The molecule has 4 nitrogen and oxygen atoms in total. The van der Waals surface area contributed by atoms with Crippen LogP contribution in [0.5, 0.6) is 0 Å². The molecule has 0 aromatic heterocycles. The zero-order valence-corrected chi connectivity index (χ0v) is 12.9. The quantitative estimate of drug-likeness (QED) is 0.736. The highest BCUT2D eigenvalue weighted by atomic mass is 16.3. The van der Waals surface area contributed by atoms with Gasteiger partial charge < -0.3 is 15.7 Å². The number of carbonyl (C=O) groups is 1. The maximum atomic E-state index is 11.9. The molecule has 3 N–H and O–H groups in total. The maximum Gasteiger partial charge on any atom is 0.224 e. The Hall–Kier alpha value is -1.39. The van der Waals surface area contributed by atoms with Gasteiger partial charge in [-0.2, -0.15) is 0 Å². The zero-order valence-electron chi connectivity index (χ0n) is 12.9. The summed E-state index contributed by atoms with van der Waals surface area (Å²) >= 11 is 0. The molecule has 21 heavy (non-hydrogen) atoms. The second-order valence-corrected chi connectivity index (χ2v) is 6.38. The summed E-state index contributed by atoms with van der Waals surface area (Å²) in [7, 11) is 0. The van der Waals surface area contributed by atoms with E-state index >= 15 is 0 Å². The molecule has 0 aliphatic carbocycles. The van der Waals surface area contributed by atoms with Gasteiger partial charge in [-0.05, 0) is 23.5 Å². The van der Waals surface area contributed by atoms with Crippen molar-refractivity contribution < 1.29 is 9.90 Å². The normalized spacial score (nSPS) is 21.7. The van der Waals surface area contributed by atoms with E-state index in [1.165, 1.54) is 5.56 Å². The molecular formula is C17H26N2O2. The van der Waals surface area contributed by atoms with Crippen molar-refractivity contribution in [1.82, 2.24) is 10.6 Å². The highest BCUT2D eigenvalue weighted by molar-refractivity contribution is 5.78. The van der Waals surface area contributed by atoms with Crippen LogP contribution in [0.4, 0.5) is 0 Å². The molecule has 0 bridgehead atoms. The Balaban J connectivity index is 1.77. The monoisotopic (exact) mass is 290 g/mol. The van der Waals surface area contributed by atoms with E-state index in [1.807, 2.05) is 12.1 Å². The van der Waals surface area contributed by atoms with Crippen molar-refractivity contribution in [3.8, 4) is 0 Å². The van der Waals surface area contributed by atoms with Crippen molar-refractivity contribution in [1.29, 1.82) is 0 Å². The SMILES string of the molecule is CC(C)Cc1ccc(CC(=O)NCC2CNCC2O)cc1. The molecule has 1 aromatic rings. The molecule has 1 aliphatic rings. The van der Waals surface area contributed by atoms with Gasteiger partial charge in [-0.25, -0.2) is 0 Å². The smallest absolute Gasteiger partial charge is 0.224 e. The lowest BCUT2D eigenvalue weighted by molar-refractivity contribution is -0.120. The number of hydrogen-bond donors (Lipinski definition) is 3. The fourth-order valence-corrected chi connectivity index (χ4v) is 2.68. The lowest BCUT2D eigenvalue weighted by Crippen LogP contribution is -2.35.